The number of alkyl halides is 1. The zero-order valence-electron chi connectivity index (χ0n) is 10.7. The van der Waals surface area contributed by atoms with Crippen LogP contribution in [0.3, 0.4) is 0 Å². The molecular formula is C13H20ClNO. The SMILES string of the molecule is COc1c(C)cc(C)cc1C(CCl)N(C)C. The van der Waals surface area contributed by atoms with Crippen LogP contribution in [0.5, 0.6) is 5.75 Å². The highest BCUT2D eigenvalue weighted by Gasteiger charge is 2.19. The van der Waals surface area contributed by atoms with Crippen LogP contribution in [0, 0.1) is 13.8 Å². The molecule has 0 saturated carbocycles. The molecule has 0 aliphatic carbocycles. The second kappa shape index (κ2) is 5.55. The zero-order valence-corrected chi connectivity index (χ0v) is 11.4. The third-order valence-electron chi connectivity index (χ3n) is 2.78. The van der Waals surface area contributed by atoms with Crippen LogP contribution >= 0.6 is 11.6 Å². The van der Waals surface area contributed by atoms with Crippen molar-refractivity contribution in [3.63, 3.8) is 0 Å². The van der Waals surface area contributed by atoms with Crippen LogP contribution in [-0.4, -0.2) is 32.0 Å². The smallest absolute Gasteiger partial charge is 0.126 e. The van der Waals surface area contributed by atoms with Gasteiger partial charge in [0.1, 0.15) is 5.75 Å². The Morgan fingerprint density at radius 1 is 1.31 bits per heavy atom. The van der Waals surface area contributed by atoms with Crippen molar-refractivity contribution in [2.24, 2.45) is 0 Å². The minimum atomic E-state index is 0.190. The van der Waals surface area contributed by atoms with Crippen LogP contribution in [0.15, 0.2) is 12.1 Å². The van der Waals surface area contributed by atoms with Crippen LogP contribution < -0.4 is 4.74 Å². The van der Waals surface area contributed by atoms with Gasteiger partial charge < -0.3 is 9.64 Å². The summed E-state index contributed by atoms with van der Waals surface area (Å²) < 4.78 is 5.48. The minimum absolute atomic E-state index is 0.190. The number of nitrogens with zero attached hydrogens (tertiary/aromatic N) is 1. The normalized spacial score (nSPS) is 12.9. The molecule has 1 rings (SSSR count). The maximum absolute atomic E-state index is 6.03. The molecule has 0 spiro atoms. The van der Waals surface area contributed by atoms with Gasteiger partial charge in [0.25, 0.3) is 0 Å². The lowest BCUT2D eigenvalue weighted by atomic mass is 10.00. The van der Waals surface area contributed by atoms with Gasteiger partial charge in [-0.3, -0.25) is 0 Å². The molecule has 2 nitrogen and oxygen atoms in total. The number of rotatable bonds is 4. The molecule has 0 aliphatic rings. The van der Waals surface area contributed by atoms with Gasteiger partial charge >= 0.3 is 0 Å². The number of halogens is 1. The van der Waals surface area contributed by atoms with E-state index in [1.807, 2.05) is 14.1 Å². The topological polar surface area (TPSA) is 12.5 Å². The Bertz CT molecular complexity index is 363. The van der Waals surface area contributed by atoms with Gasteiger partial charge in [-0.05, 0) is 33.5 Å². The third kappa shape index (κ3) is 2.69. The third-order valence-corrected chi connectivity index (χ3v) is 3.07. The lowest BCUT2D eigenvalue weighted by Gasteiger charge is -2.25. The zero-order chi connectivity index (χ0) is 12.3. The van der Waals surface area contributed by atoms with Gasteiger partial charge in [-0.2, -0.15) is 0 Å². The number of hydrogen-bond acceptors (Lipinski definition) is 2. The lowest BCUT2D eigenvalue weighted by Crippen LogP contribution is -2.22. The summed E-state index contributed by atoms with van der Waals surface area (Å²) >= 11 is 6.03. The molecule has 1 atom stereocenters. The van der Waals surface area contributed by atoms with Crippen LogP contribution in [0.2, 0.25) is 0 Å². The molecule has 0 aromatic heterocycles. The molecule has 1 aromatic carbocycles. The van der Waals surface area contributed by atoms with Gasteiger partial charge in [-0.1, -0.05) is 17.7 Å². The van der Waals surface area contributed by atoms with E-state index in [4.69, 9.17) is 16.3 Å². The molecule has 0 amide bonds. The molecule has 0 aliphatic heterocycles. The van der Waals surface area contributed by atoms with Gasteiger partial charge in [0.2, 0.25) is 0 Å². The fourth-order valence-electron chi connectivity index (χ4n) is 2.01. The van der Waals surface area contributed by atoms with Crippen LogP contribution in [0.4, 0.5) is 0 Å². The summed E-state index contributed by atoms with van der Waals surface area (Å²) in [6, 6.07) is 4.47. The summed E-state index contributed by atoms with van der Waals surface area (Å²) in [7, 11) is 5.77. The van der Waals surface area contributed by atoms with Gasteiger partial charge in [-0.15, -0.1) is 11.6 Å². The van der Waals surface area contributed by atoms with E-state index < -0.39 is 0 Å². The molecule has 0 heterocycles. The van der Waals surface area contributed by atoms with Crippen molar-refractivity contribution in [2.75, 3.05) is 27.1 Å². The lowest BCUT2D eigenvalue weighted by molar-refractivity contribution is 0.310. The monoisotopic (exact) mass is 241 g/mol. The first kappa shape index (κ1) is 13.3. The molecule has 1 unspecified atom stereocenters. The van der Waals surface area contributed by atoms with Gasteiger partial charge in [0.05, 0.1) is 13.2 Å². The first-order chi connectivity index (χ1) is 7.51. The first-order valence-corrected chi connectivity index (χ1v) is 5.92. The minimum Gasteiger partial charge on any atom is -0.496 e. The van der Waals surface area contributed by atoms with Crippen LogP contribution in [0.1, 0.15) is 22.7 Å². The second-order valence-corrected chi connectivity index (χ2v) is 4.65. The van der Waals surface area contributed by atoms with Crippen molar-refractivity contribution < 1.29 is 4.74 Å². The second-order valence-electron chi connectivity index (χ2n) is 4.34. The molecule has 1 aromatic rings. The Labute approximate surface area is 103 Å². The fraction of sp³-hybridized carbons (Fsp3) is 0.538. The predicted molar refractivity (Wildman–Crippen MR) is 69.6 cm³/mol. The van der Waals surface area contributed by atoms with Crippen molar-refractivity contribution in [1.82, 2.24) is 4.90 Å². The Balaban J connectivity index is 3.29. The van der Waals surface area contributed by atoms with E-state index >= 15 is 0 Å². The highest BCUT2D eigenvalue weighted by Crippen LogP contribution is 2.32. The highest BCUT2D eigenvalue weighted by molar-refractivity contribution is 6.18. The van der Waals surface area contributed by atoms with Gasteiger partial charge in [-0.25, -0.2) is 0 Å². The van der Waals surface area contributed by atoms with Crippen molar-refractivity contribution in [1.29, 1.82) is 0 Å². The molecule has 0 fully saturated rings. The summed E-state index contributed by atoms with van der Waals surface area (Å²) in [6.45, 7) is 4.16. The average Bonchev–Trinajstić information content (AvgIpc) is 2.17. The van der Waals surface area contributed by atoms with E-state index in [2.05, 4.69) is 30.9 Å². The van der Waals surface area contributed by atoms with Gasteiger partial charge in [0, 0.05) is 11.4 Å². The van der Waals surface area contributed by atoms with Crippen LogP contribution in [-0.2, 0) is 0 Å². The van der Waals surface area contributed by atoms with Gasteiger partial charge in [0.15, 0.2) is 0 Å². The maximum Gasteiger partial charge on any atom is 0.126 e. The molecule has 0 bridgehead atoms. The number of methoxy groups -OCH3 is 1. The molecule has 0 saturated heterocycles. The Hall–Kier alpha value is -0.730. The molecule has 90 valence electrons. The maximum atomic E-state index is 6.03. The summed E-state index contributed by atoms with van der Waals surface area (Å²) in [4.78, 5) is 2.11. The highest BCUT2D eigenvalue weighted by atomic mass is 35.5. The molecular weight excluding hydrogens is 222 g/mol. The van der Waals surface area contributed by atoms with E-state index in [0.717, 1.165) is 11.3 Å². The summed E-state index contributed by atoms with van der Waals surface area (Å²) in [6.07, 6.45) is 0. The van der Waals surface area contributed by atoms with E-state index in [1.54, 1.807) is 7.11 Å². The molecule has 16 heavy (non-hydrogen) atoms. The van der Waals surface area contributed by atoms with Crippen LogP contribution in [0.25, 0.3) is 0 Å². The van der Waals surface area contributed by atoms with E-state index in [0.29, 0.717) is 5.88 Å². The quantitative estimate of drug-likeness (QED) is 0.751. The standard InChI is InChI=1S/C13H20ClNO/c1-9-6-10(2)13(16-5)11(7-9)12(8-14)15(3)4/h6-7,12H,8H2,1-5H3. The van der Waals surface area contributed by atoms with Crippen molar-refractivity contribution >= 4 is 11.6 Å². The Morgan fingerprint density at radius 3 is 2.38 bits per heavy atom. The average molecular weight is 242 g/mol. The summed E-state index contributed by atoms with van der Waals surface area (Å²) in [5.41, 5.74) is 3.57. The number of ether oxygens (including phenoxy) is 1. The van der Waals surface area contributed by atoms with Crippen molar-refractivity contribution in [3.8, 4) is 5.75 Å². The number of aryl methyl sites for hydroxylation is 2. The number of benzene rings is 1. The molecule has 0 N–H and O–H groups in total. The molecule has 3 heteroatoms. The summed E-state index contributed by atoms with van der Waals surface area (Å²) in [5.74, 6) is 1.51. The number of hydrogen-bond donors (Lipinski definition) is 0. The van der Waals surface area contributed by atoms with Crippen molar-refractivity contribution in [3.05, 3.63) is 28.8 Å². The Morgan fingerprint density at radius 2 is 1.94 bits per heavy atom. The largest absolute Gasteiger partial charge is 0.496 e. The fourth-order valence-corrected chi connectivity index (χ4v) is 2.46. The van der Waals surface area contributed by atoms with E-state index in [-0.39, 0.29) is 6.04 Å². The first-order valence-electron chi connectivity index (χ1n) is 5.38. The summed E-state index contributed by atoms with van der Waals surface area (Å²) in [5, 5.41) is 0. The van der Waals surface area contributed by atoms with E-state index in [1.165, 1.54) is 11.1 Å². The van der Waals surface area contributed by atoms with Crippen molar-refractivity contribution in [2.45, 2.75) is 19.9 Å². The Kier molecular flexibility index (Phi) is 4.63. The predicted octanol–water partition coefficient (Wildman–Crippen LogP) is 3.15. The van der Waals surface area contributed by atoms with E-state index in [9.17, 15) is 0 Å². The molecule has 0 radical (unpaired) electrons.